The Morgan fingerprint density at radius 2 is 1.83 bits per heavy atom. The van der Waals surface area contributed by atoms with E-state index in [0.717, 1.165) is 5.01 Å². The van der Waals surface area contributed by atoms with Crippen molar-refractivity contribution >= 4 is 5.91 Å². The van der Waals surface area contributed by atoms with Crippen molar-refractivity contribution < 1.29 is 22.7 Å². The van der Waals surface area contributed by atoms with Crippen LogP contribution in [-0.2, 0) is 4.79 Å². The molecule has 1 aromatic rings. The van der Waals surface area contributed by atoms with E-state index in [9.17, 15) is 18.0 Å². The van der Waals surface area contributed by atoms with Crippen molar-refractivity contribution in [2.75, 3.05) is 13.2 Å². The first-order chi connectivity index (χ1) is 11.0. The molecule has 1 aliphatic heterocycles. The first-order valence-corrected chi connectivity index (χ1v) is 7.88. The topological polar surface area (TPSA) is 41.6 Å². The lowest BCUT2D eigenvalue weighted by Gasteiger charge is -2.30. The van der Waals surface area contributed by atoms with Crippen LogP contribution in [0, 0.1) is 11.3 Å². The van der Waals surface area contributed by atoms with E-state index in [1.807, 2.05) is 13.8 Å². The Morgan fingerprint density at radius 1 is 1.25 bits per heavy atom. The molecule has 4 nitrogen and oxygen atoms in total. The summed E-state index contributed by atoms with van der Waals surface area (Å²) in [5.74, 6) is 0.447. The molecule has 0 unspecified atom stereocenters. The van der Waals surface area contributed by atoms with Crippen LogP contribution >= 0.6 is 0 Å². The van der Waals surface area contributed by atoms with Crippen molar-refractivity contribution in [2.24, 2.45) is 11.3 Å². The number of amides is 1. The van der Waals surface area contributed by atoms with Crippen LogP contribution in [0.25, 0.3) is 0 Å². The largest absolute Gasteiger partial charge is 0.493 e. The number of nitrogens with zero attached hydrogens (tertiary/aromatic N) is 1. The highest BCUT2D eigenvalue weighted by atomic mass is 19.4. The maximum absolute atomic E-state index is 13.6. The molecule has 1 fully saturated rings. The second-order valence-corrected chi connectivity index (χ2v) is 7.17. The molecule has 0 bridgehead atoms. The number of ether oxygens (including phenoxy) is 1. The molecule has 7 heteroatoms. The summed E-state index contributed by atoms with van der Waals surface area (Å²) in [5.41, 5.74) is 1.56. The van der Waals surface area contributed by atoms with Crippen molar-refractivity contribution in [1.29, 1.82) is 0 Å². The van der Waals surface area contributed by atoms with Crippen LogP contribution in [0.15, 0.2) is 24.3 Å². The van der Waals surface area contributed by atoms with E-state index in [-0.39, 0.29) is 12.1 Å². The quantitative estimate of drug-likeness (QED) is 0.886. The van der Waals surface area contributed by atoms with Crippen molar-refractivity contribution in [2.45, 2.75) is 39.9 Å². The molecule has 0 spiro atoms. The van der Waals surface area contributed by atoms with E-state index in [1.54, 1.807) is 13.8 Å². The fourth-order valence-electron chi connectivity index (χ4n) is 2.53. The molecule has 0 radical (unpaired) electrons. The Balaban J connectivity index is 2.22. The van der Waals surface area contributed by atoms with E-state index in [2.05, 4.69) is 5.43 Å². The van der Waals surface area contributed by atoms with Gasteiger partial charge in [0.2, 0.25) is 5.91 Å². The lowest BCUT2D eigenvalue weighted by atomic mass is 9.93. The van der Waals surface area contributed by atoms with Gasteiger partial charge in [0.1, 0.15) is 11.8 Å². The van der Waals surface area contributed by atoms with E-state index < -0.39 is 23.5 Å². The molecule has 1 aliphatic rings. The van der Waals surface area contributed by atoms with Gasteiger partial charge in [-0.25, -0.2) is 5.01 Å². The molecule has 1 atom stereocenters. The summed E-state index contributed by atoms with van der Waals surface area (Å²) in [6.07, 6.45) is -4.51. The smallest absolute Gasteiger partial charge is 0.409 e. The normalized spacial score (nSPS) is 19.4. The highest BCUT2D eigenvalue weighted by Crippen LogP contribution is 2.40. The summed E-state index contributed by atoms with van der Waals surface area (Å²) in [6, 6.07) is 3.96. The first kappa shape index (κ1) is 18.6. The molecule has 1 N–H and O–H groups in total. The van der Waals surface area contributed by atoms with Gasteiger partial charge in [-0.15, -0.1) is 0 Å². The maximum Gasteiger partial charge on any atom is 0.409 e. The van der Waals surface area contributed by atoms with Crippen LogP contribution in [0.5, 0.6) is 5.75 Å². The van der Waals surface area contributed by atoms with Gasteiger partial charge >= 0.3 is 6.18 Å². The Kier molecular flexibility index (Phi) is 5.13. The molecule has 0 aliphatic carbocycles. The molecule has 1 heterocycles. The fraction of sp³-hybridized carbons (Fsp3) is 0.588. The molecule has 134 valence electrons. The average Bonchev–Trinajstić information content (AvgIpc) is 2.70. The third-order valence-corrected chi connectivity index (χ3v) is 3.83. The number of rotatable bonds is 5. The molecule has 2 rings (SSSR count). The number of nitrogens with one attached hydrogen (secondary N) is 1. The highest BCUT2D eigenvalue weighted by Gasteiger charge is 2.51. The van der Waals surface area contributed by atoms with Gasteiger partial charge in [0.05, 0.1) is 12.0 Å². The minimum atomic E-state index is -4.51. The molecule has 0 saturated carbocycles. The predicted octanol–water partition coefficient (Wildman–Crippen LogP) is 3.70. The second kappa shape index (κ2) is 6.63. The first-order valence-electron chi connectivity index (χ1n) is 7.88. The monoisotopic (exact) mass is 344 g/mol. The van der Waals surface area contributed by atoms with Gasteiger partial charge in [0.15, 0.2) is 0 Å². The fourth-order valence-corrected chi connectivity index (χ4v) is 2.53. The van der Waals surface area contributed by atoms with Crippen LogP contribution in [-0.4, -0.2) is 30.2 Å². The zero-order chi connectivity index (χ0) is 18.1. The van der Waals surface area contributed by atoms with Gasteiger partial charge in [-0.2, -0.15) is 13.2 Å². The van der Waals surface area contributed by atoms with Crippen molar-refractivity contribution in [3.05, 3.63) is 29.8 Å². The number of hydrogen-bond acceptors (Lipinski definition) is 3. The van der Waals surface area contributed by atoms with Gasteiger partial charge < -0.3 is 4.74 Å². The van der Waals surface area contributed by atoms with E-state index >= 15 is 0 Å². The summed E-state index contributed by atoms with van der Waals surface area (Å²) in [5, 5.41) is 0.965. The number of benzene rings is 1. The average molecular weight is 344 g/mol. The van der Waals surface area contributed by atoms with Gasteiger partial charge in [0, 0.05) is 6.54 Å². The molecule has 1 saturated heterocycles. The Hall–Kier alpha value is -1.76. The number of carbonyl (C=O) groups is 1. The molecular weight excluding hydrogens is 321 g/mol. The SMILES string of the molecule is CC(C)COc1ccc([C@H](N2CC(C)(C)C(=O)N2)C(F)(F)F)cc1. The zero-order valence-electron chi connectivity index (χ0n) is 14.3. The zero-order valence-corrected chi connectivity index (χ0v) is 14.3. The standard InChI is InChI=1S/C17H23F3N2O2/c1-11(2)9-24-13-7-5-12(6-8-13)14(17(18,19)20)22-10-16(3,4)15(23)21-22/h5-8,11,14H,9-10H2,1-4H3,(H,21,23)/t14-/m0/s1. The number of hydrogen-bond donors (Lipinski definition) is 1. The van der Waals surface area contributed by atoms with E-state index in [1.165, 1.54) is 24.3 Å². The Bertz CT molecular complexity index is 582. The number of halogens is 3. The van der Waals surface area contributed by atoms with Crippen molar-refractivity contribution in [1.82, 2.24) is 10.4 Å². The van der Waals surface area contributed by atoms with Gasteiger partial charge in [-0.1, -0.05) is 26.0 Å². The Labute approximate surface area is 139 Å². The third kappa shape index (κ3) is 4.20. The highest BCUT2D eigenvalue weighted by molar-refractivity contribution is 5.83. The Morgan fingerprint density at radius 3 is 2.25 bits per heavy atom. The molecule has 24 heavy (non-hydrogen) atoms. The molecular formula is C17H23F3N2O2. The minimum absolute atomic E-state index is 0.0123. The lowest BCUT2D eigenvalue weighted by molar-refractivity contribution is -0.191. The lowest BCUT2D eigenvalue weighted by Crippen LogP contribution is -2.43. The minimum Gasteiger partial charge on any atom is -0.493 e. The summed E-state index contributed by atoms with van der Waals surface area (Å²) >= 11 is 0. The van der Waals surface area contributed by atoms with Crippen LogP contribution in [0.1, 0.15) is 39.3 Å². The summed E-state index contributed by atoms with van der Waals surface area (Å²) < 4.78 is 46.2. The van der Waals surface area contributed by atoms with Crippen LogP contribution in [0.2, 0.25) is 0 Å². The number of hydrazine groups is 1. The van der Waals surface area contributed by atoms with Gasteiger partial charge in [0.25, 0.3) is 0 Å². The predicted molar refractivity (Wildman–Crippen MR) is 84.2 cm³/mol. The molecule has 0 aromatic heterocycles. The van der Waals surface area contributed by atoms with Gasteiger partial charge in [-0.3, -0.25) is 10.2 Å². The van der Waals surface area contributed by atoms with Crippen LogP contribution < -0.4 is 10.2 Å². The number of carbonyl (C=O) groups excluding carboxylic acids is 1. The van der Waals surface area contributed by atoms with E-state index in [0.29, 0.717) is 18.3 Å². The third-order valence-electron chi connectivity index (χ3n) is 3.83. The second-order valence-electron chi connectivity index (χ2n) is 7.17. The van der Waals surface area contributed by atoms with Gasteiger partial charge in [-0.05, 0) is 37.5 Å². The molecule has 1 aromatic carbocycles. The summed E-state index contributed by atoms with van der Waals surface area (Å²) in [6.45, 7) is 7.72. The molecule has 1 amide bonds. The summed E-state index contributed by atoms with van der Waals surface area (Å²) in [7, 11) is 0. The maximum atomic E-state index is 13.6. The van der Waals surface area contributed by atoms with Crippen LogP contribution in [0.3, 0.4) is 0 Å². The number of alkyl halides is 3. The van der Waals surface area contributed by atoms with E-state index in [4.69, 9.17) is 4.74 Å². The van der Waals surface area contributed by atoms with Crippen molar-refractivity contribution in [3.8, 4) is 5.75 Å². The van der Waals surface area contributed by atoms with Crippen molar-refractivity contribution in [3.63, 3.8) is 0 Å². The summed E-state index contributed by atoms with van der Waals surface area (Å²) in [4.78, 5) is 11.8. The van der Waals surface area contributed by atoms with Crippen LogP contribution in [0.4, 0.5) is 13.2 Å².